The minimum absolute atomic E-state index is 0.0611. The van der Waals surface area contributed by atoms with Crippen molar-refractivity contribution in [2.24, 2.45) is 21.7 Å². The normalized spacial score (nSPS) is 15.3. The first-order valence-corrected chi connectivity index (χ1v) is 16.6. The van der Waals surface area contributed by atoms with Gasteiger partial charge in [0, 0.05) is 17.0 Å². The molecular weight excluding hydrogens is 666 g/mol. The van der Waals surface area contributed by atoms with E-state index in [1.807, 2.05) is 48.5 Å². The van der Waals surface area contributed by atoms with Crippen LogP contribution in [-0.4, -0.2) is 31.7 Å². The molecule has 1 aromatic heterocycles. The van der Waals surface area contributed by atoms with Crippen LogP contribution in [0.15, 0.2) is 51.7 Å². The summed E-state index contributed by atoms with van der Waals surface area (Å²) in [5.41, 5.74) is -5.34. The largest absolute Gasteiger partial charge is 0.573 e. The van der Waals surface area contributed by atoms with E-state index in [0.717, 1.165) is 26.2 Å². The summed E-state index contributed by atoms with van der Waals surface area (Å²) in [5, 5.41) is 0.282. The van der Waals surface area contributed by atoms with E-state index >= 15 is 0 Å². The van der Waals surface area contributed by atoms with E-state index in [4.69, 9.17) is 13.9 Å². The molecular formula is C38H48F6O6. The molecule has 2 aromatic carbocycles. The average Bonchev–Trinajstić information content (AvgIpc) is 2.96. The van der Waals surface area contributed by atoms with Crippen LogP contribution < -0.4 is 15.1 Å². The van der Waals surface area contributed by atoms with Gasteiger partial charge in [-0.1, -0.05) is 73.4 Å². The Morgan fingerprint density at radius 1 is 0.800 bits per heavy atom. The van der Waals surface area contributed by atoms with Crippen molar-refractivity contribution in [3.8, 4) is 22.6 Å². The van der Waals surface area contributed by atoms with Crippen LogP contribution in [0.3, 0.4) is 0 Å². The van der Waals surface area contributed by atoms with Crippen LogP contribution >= 0.6 is 0 Å². The Morgan fingerprint density at radius 2 is 1.46 bits per heavy atom. The number of ether oxygens (including phenoxy) is 3. The van der Waals surface area contributed by atoms with E-state index in [0.29, 0.717) is 18.4 Å². The smallest absolute Gasteiger partial charge is 0.492 e. The summed E-state index contributed by atoms with van der Waals surface area (Å²) in [6, 6.07) is 9.54. The SMILES string of the molecule is CCCCCc1ccc(-c2cc3ccc(OCC(C)(COC(=O)C(C)(CC(C)(C)C)C(C)(C)C)C(F)(F)F)cc3oc2=O)c(OC(F)(F)F)c1. The maximum atomic E-state index is 14.4. The van der Waals surface area contributed by atoms with Gasteiger partial charge in [0.1, 0.15) is 35.7 Å². The third-order valence-electron chi connectivity index (χ3n) is 9.09. The molecule has 0 fully saturated rings. The van der Waals surface area contributed by atoms with E-state index in [1.165, 1.54) is 36.4 Å². The predicted molar refractivity (Wildman–Crippen MR) is 180 cm³/mol. The molecule has 0 bridgehead atoms. The van der Waals surface area contributed by atoms with Crippen molar-refractivity contribution in [2.75, 3.05) is 13.2 Å². The molecule has 0 amide bonds. The van der Waals surface area contributed by atoms with Gasteiger partial charge in [-0.2, -0.15) is 13.2 Å². The second kappa shape index (κ2) is 14.9. The molecule has 2 atom stereocenters. The third-order valence-corrected chi connectivity index (χ3v) is 9.09. The highest BCUT2D eigenvalue weighted by Gasteiger charge is 2.55. The lowest BCUT2D eigenvalue weighted by Gasteiger charge is -2.44. The number of hydrogen-bond donors (Lipinski definition) is 0. The Kier molecular flexibility index (Phi) is 12.1. The van der Waals surface area contributed by atoms with Crippen LogP contribution in [0, 0.1) is 21.7 Å². The molecule has 0 N–H and O–H groups in total. The summed E-state index contributed by atoms with van der Waals surface area (Å²) in [7, 11) is 0. The number of carbonyl (C=O) groups excluding carboxylic acids is 1. The highest BCUT2D eigenvalue weighted by Crippen LogP contribution is 2.48. The van der Waals surface area contributed by atoms with E-state index in [2.05, 4.69) is 4.74 Å². The monoisotopic (exact) mass is 714 g/mol. The van der Waals surface area contributed by atoms with Crippen LogP contribution in [0.5, 0.6) is 11.5 Å². The Morgan fingerprint density at radius 3 is 2.02 bits per heavy atom. The minimum Gasteiger partial charge on any atom is -0.492 e. The number of carbonyl (C=O) groups is 1. The van der Waals surface area contributed by atoms with Crippen molar-refractivity contribution in [3.05, 3.63) is 58.4 Å². The predicted octanol–water partition coefficient (Wildman–Crippen LogP) is 11.1. The lowest BCUT2D eigenvalue weighted by atomic mass is 9.61. The van der Waals surface area contributed by atoms with Crippen LogP contribution in [0.2, 0.25) is 0 Å². The van der Waals surface area contributed by atoms with Crippen LogP contribution in [0.1, 0.15) is 93.6 Å². The fourth-order valence-corrected chi connectivity index (χ4v) is 5.64. The second-order valence-corrected chi connectivity index (χ2v) is 15.7. The molecule has 0 aliphatic heterocycles. The van der Waals surface area contributed by atoms with Gasteiger partial charge in [0.25, 0.3) is 0 Å². The topological polar surface area (TPSA) is 75.0 Å². The number of esters is 1. The number of rotatable bonds is 13. The standard InChI is InChI=1S/C38H48F6O6/c1-10-11-12-13-24-14-17-27(30(18-24)50-38(42,43)44)28-19-25-15-16-26(20-29(25)49-31(28)45)47-22-35(8,37(39,40)41)23-48-32(46)36(9,34(5,6)7)21-33(2,3)4/h14-20H,10-13,21-23H2,1-9H3. The number of unbranched alkanes of at least 4 members (excludes halogenated alkanes) is 2. The lowest BCUT2D eigenvalue weighted by Crippen LogP contribution is -2.48. The zero-order chi connectivity index (χ0) is 37.9. The fraction of sp³-hybridized carbons (Fsp3) is 0.579. The Bertz CT molecular complexity index is 1700. The maximum Gasteiger partial charge on any atom is 0.573 e. The van der Waals surface area contributed by atoms with Gasteiger partial charge in [-0.25, -0.2) is 4.79 Å². The third kappa shape index (κ3) is 10.2. The molecule has 278 valence electrons. The second-order valence-electron chi connectivity index (χ2n) is 15.7. The molecule has 0 saturated carbocycles. The van der Waals surface area contributed by atoms with Crippen molar-refractivity contribution in [1.29, 1.82) is 0 Å². The minimum atomic E-state index is -5.01. The van der Waals surface area contributed by atoms with Crippen LogP contribution in [0.4, 0.5) is 26.3 Å². The molecule has 0 aliphatic rings. The molecule has 0 spiro atoms. The number of alkyl halides is 6. The summed E-state index contributed by atoms with van der Waals surface area (Å²) >= 11 is 0. The van der Waals surface area contributed by atoms with E-state index in [9.17, 15) is 35.9 Å². The molecule has 2 unspecified atom stereocenters. The van der Waals surface area contributed by atoms with Gasteiger partial charge >= 0.3 is 24.1 Å². The first kappa shape index (κ1) is 40.7. The number of fused-ring (bicyclic) bond motifs is 1. The number of benzene rings is 2. The number of aryl methyl sites for hydroxylation is 1. The Labute approximate surface area is 289 Å². The lowest BCUT2D eigenvalue weighted by molar-refractivity contribution is -0.274. The van der Waals surface area contributed by atoms with Crippen molar-refractivity contribution in [3.63, 3.8) is 0 Å². The molecule has 1 heterocycles. The van der Waals surface area contributed by atoms with Crippen molar-refractivity contribution >= 4 is 16.9 Å². The Hall–Kier alpha value is -3.70. The van der Waals surface area contributed by atoms with E-state index < -0.39 is 59.3 Å². The molecule has 12 heteroatoms. The maximum absolute atomic E-state index is 14.4. The molecule has 0 saturated heterocycles. The summed E-state index contributed by atoms with van der Waals surface area (Å²) in [4.78, 5) is 26.4. The fourth-order valence-electron chi connectivity index (χ4n) is 5.64. The van der Waals surface area contributed by atoms with Gasteiger partial charge in [-0.05, 0) is 73.8 Å². The highest BCUT2D eigenvalue weighted by atomic mass is 19.4. The molecule has 0 radical (unpaired) electrons. The van der Waals surface area contributed by atoms with Gasteiger partial charge < -0.3 is 18.6 Å². The highest BCUT2D eigenvalue weighted by molar-refractivity contribution is 5.84. The van der Waals surface area contributed by atoms with Crippen LogP contribution in [-0.2, 0) is 16.0 Å². The van der Waals surface area contributed by atoms with Gasteiger partial charge in [0.05, 0.1) is 11.0 Å². The van der Waals surface area contributed by atoms with Crippen molar-refractivity contribution in [2.45, 2.75) is 107 Å². The summed E-state index contributed by atoms with van der Waals surface area (Å²) in [6.07, 6.45) is -6.33. The van der Waals surface area contributed by atoms with Gasteiger partial charge in [0.2, 0.25) is 0 Å². The van der Waals surface area contributed by atoms with Crippen LogP contribution in [0.25, 0.3) is 22.1 Å². The molecule has 6 nitrogen and oxygen atoms in total. The van der Waals surface area contributed by atoms with Gasteiger partial charge in [0.15, 0.2) is 0 Å². The molecule has 0 aliphatic carbocycles. The summed E-state index contributed by atoms with van der Waals surface area (Å²) in [6.45, 7) is 14.0. The quantitative estimate of drug-likeness (QED) is 0.0759. The first-order valence-electron chi connectivity index (χ1n) is 16.6. The first-order chi connectivity index (χ1) is 22.8. The number of halogens is 6. The number of hydrogen-bond acceptors (Lipinski definition) is 6. The van der Waals surface area contributed by atoms with Crippen molar-refractivity contribution in [1.82, 2.24) is 0 Å². The summed E-state index contributed by atoms with van der Waals surface area (Å²) in [5.74, 6) is -1.36. The van der Waals surface area contributed by atoms with Crippen molar-refractivity contribution < 1.29 is 49.8 Å². The zero-order valence-electron chi connectivity index (χ0n) is 30.2. The Balaban J connectivity index is 1.88. The molecule has 3 aromatic rings. The van der Waals surface area contributed by atoms with Gasteiger partial charge in [-0.15, -0.1) is 13.2 Å². The molecule has 3 rings (SSSR count). The average molecular weight is 715 g/mol. The van der Waals surface area contributed by atoms with E-state index in [-0.39, 0.29) is 33.3 Å². The zero-order valence-corrected chi connectivity index (χ0v) is 30.2. The molecule has 50 heavy (non-hydrogen) atoms. The van der Waals surface area contributed by atoms with Gasteiger partial charge in [-0.3, -0.25) is 4.79 Å². The summed E-state index contributed by atoms with van der Waals surface area (Å²) < 4.78 is 104. The van der Waals surface area contributed by atoms with E-state index in [1.54, 1.807) is 13.0 Å².